The summed E-state index contributed by atoms with van der Waals surface area (Å²) in [7, 11) is 0. The highest BCUT2D eigenvalue weighted by atomic mass is 16.5. The third-order valence-electron chi connectivity index (χ3n) is 4.55. The molecule has 0 aliphatic carbocycles. The molecule has 134 valence electrons. The predicted octanol–water partition coefficient (Wildman–Crippen LogP) is 1.36. The van der Waals surface area contributed by atoms with Gasteiger partial charge in [-0.15, -0.1) is 0 Å². The van der Waals surface area contributed by atoms with Crippen molar-refractivity contribution in [3.63, 3.8) is 0 Å². The molecule has 0 radical (unpaired) electrons. The molecule has 2 fully saturated rings. The zero-order chi connectivity index (χ0) is 17.8. The molecule has 0 unspecified atom stereocenters. The standard InChI is InChI=1S/C18H23N3O4/c1-12-6-7-13(10-15(12)21-8-2-5-16(21)22)20-18(24)17(23)19-11-14-4-3-9-25-14/h6-7,10,14H,2-5,8-9,11H2,1H3,(H,19,23)(H,20,24)/t14-/m0/s1. The van der Waals surface area contributed by atoms with Gasteiger partial charge in [-0.1, -0.05) is 6.07 Å². The molecule has 3 amide bonds. The molecule has 0 spiro atoms. The largest absolute Gasteiger partial charge is 0.376 e. The number of rotatable bonds is 4. The van der Waals surface area contributed by atoms with Crippen LogP contribution in [0.4, 0.5) is 11.4 Å². The number of carbonyl (C=O) groups excluding carboxylic acids is 3. The van der Waals surface area contributed by atoms with Crippen LogP contribution in [-0.2, 0) is 19.1 Å². The maximum absolute atomic E-state index is 12.1. The summed E-state index contributed by atoms with van der Waals surface area (Å²) < 4.78 is 5.41. The van der Waals surface area contributed by atoms with E-state index in [2.05, 4.69) is 10.6 Å². The zero-order valence-corrected chi connectivity index (χ0v) is 14.3. The fourth-order valence-corrected chi connectivity index (χ4v) is 3.16. The van der Waals surface area contributed by atoms with Gasteiger partial charge in [0.2, 0.25) is 5.91 Å². The predicted molar refractivity (Wildman–Crippen MR) is 93.4 cm³/mol. The van der Waals surface area contributed by atoms with Gasteiger partial charge in [-0.3, -0.25) is 14.4 Å². The van der Waals surface area contributed by atoms with Crippen molar-refractivity contribution in [2.45, 2.75) is 38.7 Å². The van der Waals surface area contributed by atoms with Crippen LogP contribution in [0, 0.1) is 6.92 Å². The van der Waals surface area contributed by atoms with E-state index in [0.717, 1.165) is 30.5 Å². The van der Waals surface area contributed by atoms with Gasteiger partial charge < -0.3 is 20.3 Å². The Balaban J connectivity index is 1.60. The van der Waals surface area contributed by atoms with Crippen molar-refractivity contribution < 1.29 is 19.1 Å². The number of aryl methyl sites for hydroxylation is 1. The van der Waals surface area contributed by atoms with Crippen molar-refractivity contribution in [1.29, 1.82) is 0 Å². The van der Waals surface area contributed by atoms with Crippen LogP contribution in [0.3, 0.4) is 0 Å². The van der Waals surface area contributed by atoms with Crippen LogP contribution in [-0.4, -0.2) is 43.5 Å². The topological polar surface area (TPSA) is 87.7 Å². The summed E-state index contributed by atoms with van der Waals surface area (Å²) in [6.07, 6.45) is 3.24. The van der Waals surface area contributed by atoms with Gasteiger partial charge >= 0.3 is 11.8 Å². The Labute approximate surface area is 146 Å². The van der Waals surface area contributed by atoms with E-state index in [1.807, 2.05) is 13.0 Å². The lowest BCUT2D eigenvalue weighted by Gasteiger charge is -2.19. The van der Waals surface area contributed by atoms with Crippen LogP contribution >= 0.6 is 0 Å². The molecule has 1 aromatic carbocycles. The molecule has 7 heteroatoms. The Bertz CT molecular complexity index is 683. The van der Waals surface area contributed by atoms with Gasteiger partial charge in [0.15, 0.2) is 0 Å². The summed E-state index contributed by atoms with van der Waals surface area (Å²) in [5, 5.41) is 5.19. The van der Waals surface area contributed by atoms with Gasteiger partial charge in [-0.2, -0.15) is 0 Å². The highest BCUT2D eigenvalue weighted by molar-refractivity contribution is 6.39. The van der Waals surface area contributed by atoms with E-state index < -0.39 is 11.8 Å². The first-order valence-electron chi connectivity index (χ1n) is 8.66. The van der Waals surface area contributed by atoms with Crippen molar-refractivity contribution in [2.24, 2.45) is 0 Å². The summed E-state index contributed by atoms with van der Waals surface area (Å²) >= 11 is 0. The van der Waals surface area contributed by atoms with Gasteiger partial charge in [-0.05, 0) is 43.9 Å². The summed E-state index contributed by atoms with van der Waals surface area (Å²) in [5.74, 6) is -1.32. The second-order valence-electron chi connectivity index (χ2n) is 6.45. The molecule has 0 aromatic heterocycles. The minimum atomic E-state index is -0.722. The van der Waals surface area contributed by atoms with Crippen LogP contribution in [0.15, 0.2) is 18.2 Å². The van der Waals surface area contributed by atoms with E-state index >= 15 is 0 Å². The lowest BCUT2D eigenvalue weighted by atomic mass is 10.1. The lowest BCUT2D eigenvalue weighted by Crippen LogP contribution is -2.39. The van der Waals surface area contributed by atoms with Crippen molar-refractivity contribution in [2.75, 3.05) is 29.9 Å². The summed E-state index contributed by atoms with van der Waals surface area (Å²) in [4.78, 5) is 37.6. The van der Waals surface area contributed by atoms with E-state index in [0.29, 0.717) is 31.8 Å². The number of hydrogen-bond acceptors (Lipinski definition) is 4. The van der Waals surface area contributed by atoms with Gasteiger partial charge in [0, 0.05) is 37.5 Å². The van der Waals surface area contributed by atoms with Gasteiger partial charge in [0.25, 0.3) is 0 Å². The van der Waals surface area contributed by atoms with Gasteiger partial charge in [0.05, 0.1) is 6.10 Å². The molecule has 1 aromatic rings. The second-order valence-corrected chi connectivity index (χ2v) is 6.45. The SMILES string of the molecule is Cc1ccc(NC(=O)C(=O)NC[C@@H]2CCCO2)cc1N1CCCC1=O. The number of carbonyl (C=O) groups is 3. The Hall–Kier alpha value is -2.41. The molecular formula is C18H23N3O4. The minimum Gasteiger partial charge on any atom is -0.376 e. The molecule has 2 saturated heterocycles. The number of benzene rings is 1. The summed E-state index contributed by atoms with van der Waals surface area (Å²) in [6.45, 7) is 3.64. The van der Waals surface area contributed by atoms with Crippen molar-refractivity contribution in [1.82, 2.24) is 5.32 Å². The van der Waals surface area contributed by atoms with E-state index in [4.69, 9.17) is 4.74 Å². The van der Waals surface area contributed by atoms with E-state index in [-0.39, 0.29) is 12.0 Å². The molecule has 2 aliphatic heterocycles. The number of nitrogens with one attached hydrogen (secondary N) is 2. The van der Waals surface area contributed by atoms with E-state index in [1.54, 1.807) is 17.0 Å². The smallest absolute Gasteiger partial charge is 0.313 e. The molecular weight excluding hydrogens is 322 g/mol. The number of amides is 3. The Morgan fingerprint density at radius 2 is 2.12 bits per heavy atom. The zero-order valence-electron chi connectivity index (χ0n) is 14.3. The molecule has 2 aliphatic rings. The average molecular weight is 345 g/mol. The van der Waals surface area contributed by atoms with Crippen LogP contribution in [0.2, 0.25) is 0 Å². The van der Waals surface area contributed by atoms with E-state index in [9.17, 15) is 14.4 Å². The van der Waals surface area contributed by atoms with Crippen LogP contribution in [0.25, 0.3) is 0 Å². The highest BCUT2D eigenvalue weighted by Gasteiger charge is 2.24. The second kappa shape index (κ2) is 7.65. The maximum atomic E-state index is 12.1. The summed E-state index contributed by atoms with van der Waals surface area (Å²) in [6, 6.07) is 5.30. The number of hydrogen-bond donors (Lipinski definition) is 2. The van der Waals surface area contributed by atoms with Crippen molar-refractivity contribution in [3.05, 3.63) is 23.8 Å². The minimum absolute atomic E-state index is 0.0103. The average Bonchev–Trinajstić information content (AvgIpc) is 3.26. The Morgan fingerprint density at radius 1 is 1.28 bits per heavy atom. The molecule has 0 bridgehead atoms. The van der Waals surface area contributed by atoms with Crippen molar-refractivity contribution >= 4 is 29.1 Å². The summed E-state index contributed by atoms with van der Waals surface area (Å²) in [5.41, 5.74) is 2.23. The maximum Gasteiger partial charge on any atom is 0.313 e. The molecule has 25 heavy (non-hydrogen) atoms. The first kappa shape index (κ1) is 17.4. The Morgan fingerprint density at radius 3 is 2.80 bits per heavy atom. The molecule has 2 heterocycles. The van der Waals surface area contributed by atoms with Gasteiger partial charge in [0.1, 0.15) is 0 Å². The third-order valence-corrected chi connectivity index (χ3v) is 4.55. The quantitative estimate of drug-likeness (QED) is 0.807. The molecule has 0 saturated carbocycles. The van der Waals surface area contributed by atoms with E-state index in [1.165, 1.54) is 0 Å². The molecule has 2 N–H and O–H groups in total. The van der Waals surface area contributed by atoms with Crippen LogP contribution < -0.4 is 15.5 Å². The van der Waals surface area contributed by atoms with Crippen LogP contribution in [0.1, 0.15) is 31.2 Å². The highest BCUT2D eigenvalue weighted by Crippen LogP contribution is 2.28. The van der Waals surface area contributed by atoms with Crippen molar-refractivity contribution in [3.8, 4) is 0 Å². The Kier molecular flexibility index (Phi) is 5.33. The first-order valence-corrected chi connectivity index (χ1v) is 8.66. The van der Waals surface area contributed by atoms with Crippen LogP contribution in [0.5, 0.6) is 0 Å². The third kappa shape index (κ3) is 4.17. The fourth-order valence-electron chi connectivity index (χ4n) is 3.16. The lowest BCUT2D eigenvalue weighted by molar-refractivity contribution is -0.136. The number of nitrogens with zero attached hydrogens (tertiary/aromatic N) is 1. The molecule has 3 rings (SSSR count). The molecule has 7 nitrogen and oxygen atoms in total. The number of ether oxygens (including phenoxy) is 1. The normalized spacial score (nSPS) is 20.0. The monoisotopic (exact) mass is 345 g/mol. The molecule has 1 atom stereocenters. The fraction of sp³-hybridized carbons (Fsp3) is 0.500. The number of anilines is 2. The van der Waals surface area contributed by atoms with Gasteiger partial charge in [-0.25, -0.2) is 0 Å². The first-order chi connectivity index (χ1) is 12.0.